The van der Waals surface area contributed by atoms with Gasteiger partial charge in [-0.25, -0.2) is 9.37 Å². The molecule has 19 heavy (non-hydrogen) atoms. The summed E-state index contributed by atoms with van der Waals surface area (Å²) in [6.07, 6.45) is 4.89. The number of rotatable bonds is 3. The second-order valence-corrected chi connectivity index (χ2v) is 3.87. The van der Waals surface area contributed by atoms with E-state index in [0.717, 1.165) is 0 Å². The highest BCUT2D eigenvalue weighted by Gasteiger charge is 2.11. The van der Waals surface area contributed by atoms with Crippen LogP contribution in [0, 0.1) is 5.82 Å². The van der Waals surface area contributed by atoms with Gasteiger partial charge in [-0.1, -0.05) is 23.4 Å². The monoisotopic (exact) mass is 256 g/mol. The van der Waals surface area contributed by atoms with Gasteiger partial charge in [0.15, 0.2) is 0 Å². The molecule has 0 radical (unpaired) electrons. The number of benzene rings is 1. The van der Waals surface area contributed by atoms with Crippen molar-refractivity contribution in [2.24, 2.45) is 0 Å². The highest BCUT2D eigenvalue weighted by molar-refractivity contribution is 5.45. The predicted octanol–water partition coefficient (Wildman–Crippen LogP) is 2.26. The second kappa shape index (κ2) is 4.93. The molecule has 0 saturated carbocycles. The van der Waals surface area contributed by atoms with Crippen molar-refractivity contribution in [3.8, 4) is 11.5 Å². The summed E-state index contributed by atoms with van der Waals surface area (Å²) in [7, 11) is 0. The third-order valence-electron chi connectivity index (χ3n) is 2.56. The second-order valence-electron chi connectivity index (χ2n) is 3.87. The Hall–Kier alpha value is -2.63. The smallest absolute Gasteiger partial charge is 0.231 e. The molecule has 2 aromatic heterocycles. The van der Waals surface area contributed by atoms with Gasteiger partial charge >= 0.3 is 0 Å². The Balaban J connectivity index is 1.85. The zero-order valence-electron chi connectivity index (χ0n) is 9.82. The molecule has 0 unspecified atom stereocenters. The number of hydrogen-bond donors (Lipinski definition) is 0. The zero-order chi connectivity index (χ0) is 13.1. The van der Waals surface area contributed by atoms with Gasteiger partial charge in [0.1, 0.15) is 11.5 Å². The third kappa shape index (κ3) is 2.47. The van der Waals surface area contributed by atoms with Gasteiger partial charge < -0.3 is 4.52 Å². The van der Waals surface area contributed by atoms with Crippen LogP contribution in [0.2, 0.25) is 0 Å². The van der Waals surface area contributed by atoms with Crippen LogP contribution in [0.4, 0.5) is 4.39 Å². The van der Waals surface area contributed by atoms with Gasteiger partial charge in [0.05, 0.1) is 12.6 Å². The number of hydrogen-bond acceptors (Lipinski definition) is 5. The number of aromatic nitrogens is 4. The first-order chi connectivity index (χ1) is 9.33. The van der Waals surface area contributed by atoms with E-state index in [1.807, 2.05) is 0 Å². The van der Waals surface area contributed by atoms with E-state index in [1.54, 1.807) is 30.6 Å². The minimum absolute atomic E-state index is 0.250. The summed E-state index contributed by atoms with van der Waals surface area (Å²) in [5.41, 5.74) is 1.03. The van der Waals surface area contributed by atoms with Gasteiger partial charge in [0, 0.05) is 12.4 Å². The minimum atomic E-state index is -0.290. The van der Waals surface area contributed by atoms with Gasteiger partial charge in [-0.3, -0.25) is 4.98 Å². The summed E-state index contributed by atoms with van der Waals surface area (Å²) >= 11 is 0. The quantitative estimate of drug-likeness (QED) is 0.719. The fourth-order valence-corrected chi connectivity index (χ4v) is 1.65. The molecule has 0 saturated heterocycles. The SMILES string of the molecule is Fc1ccccc1Cc1nc(-c2cnccn2)no1. The minimum Gasteiger partial charge on any atom is -0.339 e. The molecule has 0 aliphatic heterocycles. The van der Waals surface area contributed by atoms with E-state index in [4.69, 9.17) is 4.52 Å². The molecule has 6 heteroatoms. The lowest BCUT2D eigenvalue weighted by Crippen LogP contribution is -1.92. The van der Waals surface area contributed by atoms with Gasteiger partial charge in [0.25, 0.3) is 0 Å². The lowest BCUT2D eigenvalue weighted by molar-refractivity contribution is 0.384. The Morgan fingerprint density at radius 2 is 2.05 bits per heavy atom. The normalized spacial score (nSPS) is 10.6. The van der Waals surface area contributed by atoms with Crippen LogP contribution in [-0.2, 0) is 6.42 Å². The van der Waals surface area contributed by atoms with Gasteiger partial charge in [-0.2, -0.15) is 4.98 Å². The molecule has 94 valence electrons. The molecule has 0 aliphatic carbocycles. The number of halogens is 1. The van der Waals surface area contributed by atoms with E-state index >= 15 is 0 Å². The molecular weight excluding hydrogens is 247 g/mol. The van der Waals surface area contributed by atoms with E-state index in [2.05, 4.69) is 20.1 Å². The fraction of sp³-hybridized carbons (Fsp3) is 0.0769. The van der Waals surface area contributed by atoms with Crippen molar-refractivity contribution in [2.45, 2.75) is 6.42 Å². The van der Waals surface area contributed by atoms with Crippen LogP contribution in [-0.4, -0.2) is 20.1 Å². The van der Waals surface area contributed by atoms with Crippen LogP contribution >= 0.6 is 0 Å². The molecule has 0 N–H and O–H groups in total. The van der Waals surface area contributed by atoms with Gasteiger partial charge in [-0.05, 0) is 11.6 Å². The Kier molecular flexibility index (Phi) is 2.97. The molecule has 0 bridgehead atoms. The number of nitrogens with zero attached hydrogens (tertiary/aromatic N) is 4. The highest BCUT2D eigenvalue weighted by Crippen LogP contribution is 2.15. The summed E-state index contributed by atoms with van der Waals surface area (Å²) in [5, 5.41) is 3.80. The molecule has 1 aromatic carbocycles. The third-order valence-corrected chi connectivity index (χ3v) is 2.56. The van der Waals surface area contributed by atoms with Crippen LogP contribution in [0.15, 0.2) is 47.4 Å². The Labute approximate surface area is 108 Å². The fourth-order valence-electron chi connectivity index (χ4n) is 1.65. The molecule has 0 amide bonds. The van der Waals surface area contributed by atoms with Crippen molar-refractivity contribution in [2.75, 3.05) is 0 Å². The van der Waals surface area contributed by atoms with Crippen molar-refractivity contribution in [3.63, 3.8) is 0 Å². The predicted molar refractivity (Wildman–Crippen MR) is 64.5 cm³/mol. The summed E-state index contributed by atoms with van der Waals surface area (Å²) in [5.74, 6) is 0.395. The zero-order valence-corrected chi connectivity index (χ0v) is 9.82. The first-order valence-electron chi connectivity index (χ1n) is 5.65. The molecule has 0 aliphatic rings. The average Bonchev–Trinajstić information content (AvgIpc) is 2.91. The lowest BCUT2D eigenvalue weighted by atomic mass is 10.1. The topological polar surface area (TPSA) is 64.7 Å². The lowest BCUT2D eigenvalue weighted by Gasteiger charge is -1.97. The van der Waals surface area contributed by atoms with Crippen molar-refractivity contribution < 1.29 is 8.91 Å². The maximum absolute atomic E-state index is 13.5. The average molecular weight is 256 g/mol. The molecule has 0 atom stereocenters. The molecule has 3 aromatic rings. The van der Waals surface area contributed by atoms with E-state index in [1.165, 1.54) is 12.3 Å². The van der Waals surface area contributed by atoms with Gasteiger partial charge in [0.2, 0.25) is 11.7 Å². The summed E-state index contributed by atoms with van der Waals surface area (Å²) < 4.78 is 18.6. The molecule has 5 nitrogen and oxygen atoms in total. The highest BCUT2D eigenvalue weighted by atomic mass is 19.1. The van der Waals surface area contributed by atoms with Crippen LogP contribution in [0.5, 0.6) is 0 Å². The Morgan fingerprint density at radius 3 is 2.84 bits per heavy atom. The van der Waals surface area contributed by atoms with E-state index in [0.29, 0.717) is 23.0 Å². The van der Waals surface area contributed by atoms with E-state index < -0.39 is 0 Å². The van der Waals surface area contributed by atoms with Crippen LogP contribution in [0.25, 0.3) is 11.5 Å². The maximum atomic E-state index is 13.5. The summed E-state index contributed by atoms with van der Waals surface area (Å²) in [6, 6.07) is 6.48. The van der Waals surface area contributed by atoms with Crippen LogP contribution in [0.3, 0.4) is 0 Å². The van der Waals surface area contributed by atoms with Crippen molar-refractivity contribution in [3.05, 3.63) is 60.1 Å². The maximum Gasteiger partial charge on any atom is 0.231 e. The Morgan fingerprint density at radius 1 is 1.16 bits per heavy atom. The van der Waals surface area contributed by atoms with Gasteiger partial charge in [-0.15, -0.1) is 0 Å². The van der Waals surface area contributed by atoms with Crippen molar-refractivity contribution in [1.82, 2.24) is 20.1 Å². The molecular formula is C13H9FN4O. The molecule has 2 heterocycles. The Bertz CT molecular complexity index is 684. The first-order valence-corrected chi connectivity index (χ1v) is 5.65. The van der Waals surface area contributed by atoms with Crippen LogP contribution < -0.4 is 0 Å². The molecule has 3 rings (SSSR count). The standard InChI is InChI=1S/C13H9FN4O/c14-10-4-2-1-3-9(10)7-12-17-13(18-19-12)11-8-15-5-6-16-11/h1-6,8H,7H2. The molecule has 0 fully saturated rings. The van der Waals surface area contributed by atoms with E-state index in [-0.39, 0.29) is 12.2 Å². The summed E-state index contributed by atoms with van der Waals surface area (Å²) in [6.45, 7) is 0. The first kappa shape index (κ1) is 11.5. The summed E-state index contributed by atoms with van der Waals surface area (Å²) in [4.78, 5) is 12.2. The van der Waals surface area contributed by atoms with Crippen molar-refractivity contribution in [1.29, 1.82) is 0 Å². The van der Waals surface area contributed by atoms with Crippen molar-refractivity contribution >= 4 is 0 Å². The molecule has 0 spiro atoms. The largest absolute Gasteiger partial charge is 0.339 e. The van der Waals surface area contributed by atoms with Crippen LogP contribution in [0.1, 0.15) is 11.5 Å². The van der Waals surface area contributed by atoms with E-state index in [9.17, 15) is 4.39 Å².